The molecule has 4 nitrogen and oxygen atoms in total. The summed E-state index contributed by atoms with van der Waals surface area (Å²) in [5, 5.41) is 3.41. The fraction of sp³-hybridized carbons (Fsp3) is 0.471. The van der Waals surface area contributed by atoms with Gasteiger partial charge < -0.3 is 5.32 Å². The molecule has 0 amide bonds. The van der Waals surface area contributed by atoms with E-state index in [1.807, 2.05) is 25.1 Å². The van der Waals surface area contributed by atoms with E-state index in [9.17, 15) is 0 Å². The summed E-state index contributed by atoms with van der Waals surface area (Å²) >= 11 is 0. The molecule has 21 heavy (non-hydrogen) atoms. The number of nitrogens with zero attached hydrogens (tertiary/aromatic N) is 3. The molecule has 2 aromatic heterocycles. The molecule has 1 N–H and O–H groups in total. The Morgan fingerprint density at radius 3 is 2.71 bits per heavy atom. The summed E-state index contributed by atoms with van der Waals surface area (Å²) in [6, 6.07) is 6.00. The second-order valence-corrected chi connectivity index (χ2v) is 5.58. The first-order valence-electron chi connectivity index (χ1n) is 7.85. The van der Waals surface area contributed by atoms with Crippen molar-refractivity contribution in [1.82, 2.24) is 15.0 Å². The van der Waals surface area contributed by atoms with E-state index in [4.69, 9.17) is 9.97 Å². The van der Waals surface area contributed by atoms with Gasteiger partial charge in [0.25, 0.3) is 0 Å². The maximum absolute atomic E-state index is 4.81. The number of rotatable bonds is 3. The van der Waals surface area contributed by atoms with Crippen LogP contribution < -0.4 is 5.32 Å². The number of aryl methyl sites for hydroxylation is 2. The van der Waals surface area contributed by atoms with Gasteiger partial charge in [0, 0.05) is 23.5 Å². The highest BCUT2D eigenvalue weighted by Gasteiger charge is 2.17. The van der Waals surface area contributed by atoms with Crippen molar-refractivity contribution in [3.05, 3.63) is 35.2 Å². The Balaban J connectivity index is 2.09. The van der Waals surface area contributed by atoms with Crippen molar-refractivity contribution in [2.75, 3.05) is 11.9 Å². The molecular formula is C17H22N4. The lowest BCUT2D eigenvalue weighted by Crippen LogP contribution is -2.09. The summed E-state index contributed by atoms with van der Waals surface area (Å²) in [7, 11) is 0. The standard InChI is InChI=1S/C17H22N4/c1-3-18-16-13-9-5-4-6-10-14(13)20-17(21-16)15-11-7-8-12(2)19-15/h7-8,11H,3-6,9-10H2,1-2H3,(H,18,20,21). The molecule has 110 valence electrons. The van der Waals surface area contributed by atoms with Gasteiger partial charge in [0.15, 0.2) is 5.82 Å². The first-order valence-corrected chi connectivity index (χ1v) is 7.85. The monoisotopic (exact) mass is 282 g/mol. The maximum atomic E-state index is 4.81. The number of fused-ring (bicyclic) bond motifs is 1. The first-order chi connectivity index (χ1) is 10.3. The fourth-order valence-electron chi connectivity index (χ4n) is 2.87. The van der Waals surface area contributed by atoms with Crippen LogP contribution in [0, 0.1) is 6.92 Å². The van der Waals surface area contributed by atoms with E-state index in [0.717, 1.165) is 42.4 Å². The molecule has 0 fully saturated rings. The van der Waals surface area contributed by atoms with Crippen LogP contribution >= 0.6 is 0 Å². The summed E-state index contributed by atoms with van der Waals surface area (Å²) in [4.78, 5) is 14.1. The van der Waals surface area contributed by atoms with Crippen LogP contribution in [0.15, 0.2) is 18.2 Å². The molecule has 0 radical (unpaired) electrons. The van der Waals surface area contributed by atoms with E-state index in [1.54, 1.807) is 0 Å². The summed E-state index contributed by atoms with van der Waals surface area (Å²) < 4.78 is 0. The molecule has 0 aliphatic heterocycles. The van der Waals surface area contributed by atoms with Crippen LogP contribution in [0.2, 0.25) is 0 Å². The van der Waals surface area contributed by atoms with Crippen molar-refractivity contribution in [2.45, 2.75) is 46.0 Å². The Kier molecular flexibility index (Phi) is 4.13. The zero-order valence-electron chi connectivity index (χ0n) is 12.8. The van der Waals surface area contributed by atoms with Gasteiger partial charge in [-0.05, 0) is 51.7 Å². The van der Waals surface area contributed by atoms with E-state index in [0.29, 0.717) is 0 Å². The van der Waals surface area contributed by atoms with Crippen LogP contribution in [0.5, 0.6) is 0 Å². The van der Waals surface area contributed by atoms with Gasteiger partial charge in [0.2, 0.25) is 0 Å². The molecule has 4 heteroatoms. The molecule has 0 bridgehead atoms. The smallest absolute Gasteiger partial charge is 0.180 e. The van der Waals surface area contributed by atoms with Gasteiger partial charge in [-0.3, -0.25) is 0 Å². The van der Waals surface area contributed by atoms with Gasteiger partial charge in [0.1, 0.15) is 11.5 Å². The van der Waals surface area contributed by atoms with Crippen molar-refractivity contribution in [2.24, 2.45) is 0 Å². The Labute approximate surface area is 126 Å². The Bertz CT molecular complexity index is 637. The lowest BCUT2D eigenvalue weighted by atomic mass is 10.1. The minimum atomic E-state index is 0.746. The van der Waals surface area contributed by atoms with Crippen LogP contribution in [0.1, 0.15) is 43.1 Å². The number of hydrogen-bond donors (Lipinski definition) is 1. The predicted octanol–water partition coefficient (Wildman–Crippen LogP) is 3.55. The molecule has 1 aliphatic rings. The van der Waals surface area contributed by atoms with Crippen molar-refractivity contribution < 1.29 is 0 Å². The van der Waals surface area contributed by atoms with Crippen LogP contribution in [-0.2, 0) is 12.8 Å². The highest BCUT2D eigenvalue weighted by atomic mass is 15.0. The van der Waals surface area contributed by atoms with E-state index >= 15 is 0 Å². The Hall–Kier alpha value is -1.97. The van der Waals surface area contributed by atoms with E-state index < -0.39 is 0 Å². The Morgan fingerprint density at radius 1 is 1.05 bits per heavy atom. The fourth-order valence-corrected chi connectivity index (χ4v) is 2.87. The van der Waals surface area contributed by atoms with Gasteiger partial charge in [-0.15, -0.1) is 0 Å². The molecule has 0 spiro atoms. The molecule has 3 rings (SSSR count). The van der Waals surface area contributed by atoms with E-state index in [2.05, 4.69) is 17.2 Å². The van der Waals surface area contributed by atoms with Gasteiger partial charge in [-0.25, -0.2) is 15.0 Å². The molecular weight excluding hydrogens is 260 g/mol. The van der Waals surface area contributed by atoms with E-state index in [-0.39, 0.29) is 0 Å². The average molecular weight is 282 g/mol. The molecule has 0 atom stereocenters. The van der Waals surface area contributed by atoms with Crippen LogP contribution in [-0.4, -0.2) is 21.5 Å². The largest absolute Gasteiger partial charge is 0.370 e. The molecule has 0 unspecified atom stereocenters. The number of nitrogens with one attached hydrogen (secondary N) is 1. The van der Waals surface area contributed by atoms with Crippen molar-refractivity contribution in [3.8, 4) is 11.5 Å². The number of hydrogen-bond acceptors (Lipinski definition) is 4. The lowest BCUT2D eigenvalue weighted by molar-refractivity contribution is 0.709. The third-order valence-electron chi connectivity index (χ3n) is 3.89. The maximum Gasteiger partial charge on any atom is 0.180 e. The van der Waals surface area contributed by atoms with Crippen molar-refractivity contribution in [3.63, 3.8) is 0 Å². The summed E-state index contributed by atoms with van der Waals surface area (Å²) in [5.41, 5.74) is 4.37. The second kappa shape index (κ2) is 6.20. The molecule has 0 aromatic carbocycles. The summed E-state index contributed by atoms with van der Waals surface area (Å²) in [6.07, 6.45) is 5.86. The molecule has 2 aromatic rings. The van der Waals surface area contributed by atoms with Gasteiger partial charge in [-0.1, -0.05) is 12.5 Å². The Morgan fingerprint density at radius 2 is 1.90 bits per heavy atom. The van der Waals surface area contributed by atoms with Crippen molar-refractivity contribution in [1.29, 1.82) is 0 Å². The minimum Gasteiger partial charge on any atom is -0.370 e. The zero-order valence-corrected chi connectivity index (χ0v) is 12.8. The van der Waals surface area contributed by atoms with Gasteiger partial charge in [0.05, 0.1) is 0 Å². The zero-order chi connectivity index (χ0) is 14.7. The number of anilines is 1. The lowest BCUT2D eigenvalue weighted by Gasteiger charge is -2.14. The first kappa shape index (κ1) is 14.0. The molecule has 2 heterocycles. The second-order valence-electron chi connectivity index (χ2n) is 5.58. The summed E-state index contributed by atoms with van der Waals surface area (Å²) in [5.74, 6) is 1.75. The number of aromatic nitrogens is 3. The molecule has 0 saturated heterocycles. The minimum absolute atomic E-state index is 0.746. The highest BCUT2D eigenvalue weighted by molar-refractivity contribution is 5.57. The molecule has 1 aliphatic carbocycles. The third kappa shape index (κ3) is 3.04. The topological polar surface area (TPSA) is 50.7 Å². The van der Waals surface area contributed by atoms with Gasteiger partial charge >= 0.3 is 0 Å². The third-order valence-corrected chi connectivity index (χ3v) is 3.89. The van der Waals surface area contributed by atoms with Crippen molar-refractivity contribution >= 4 is 5.82 Å². The van der Waals surface area contributed by atoms with Crippen LogP contribution in [0.3, 0.4) is 0 Å². The quantitative estimate of drug-likeness (QED) is 0.875. The predicted molar refractivity (Wildman–Crippen MR) is 85.4 cm³/mol. The normalized spacial score (nSPS) is 14.4. The average Bonchev–Trinajstić information content (AvgIpc) is 2.73. The van der Waals surface area contributed by atoms with Gasteiger partial charge in [-0.2, -0.15) is 0 Å². The van der Waals surface area contributed by atoms with Crippen LogP contribution in [0.4, 0.5) is 5.82 Å². The van der Waals surface area contributed by atoms with Crippen LogP contribution in [0.25, 0.3) is 11.5 Å². The van der Waals surface area contributed by atoms with E-state index in [1.165, 1.54) is 30.5 Å². The summed E-state index contributed by atoms with van der Waals surface area (Å²) in [6.45, 7) is 4.98. The molecule has 0 saturated carbocycles. The highest BCUT2D eigenvalue weighted by Crippen LogP contribution is 2.27. The SMILES string of the molecule is CCNc1nc(-c2cccc(C)n2)nc2c1CCCCC2. The number of pyridine rings is 1.